The molecular weight excluding hydrogens is 981 g/mol. The topological polar surface area (TPSA) is 53.1 Å². The summed E-state index contributed by atoms with van der Waals surface area (Å²) in [6.45, 7) is 48.6. The van der Waals surface area contributed by atoms with E-state index in [-0.39, 0.29) is 27.1 Å². The second-order valence-corrected chi connectivity index (χ2v) is 26.9. The lowest BCUT2D eigenvalue weighted by Gasteiger charge is -2.26. The van der Waals surface area contributed by atoms with Gasteiger partial charge in [0.25, 0.3) is 0 Å². The molecule has 8 aromatic rings. The zero-order chi connectivity index (χ0) is 60.6. The van der Waals surface area contributed by atoms with Gasteiger partial charge in [-0.3, -0.25) is 4.98 Å². The standard InChI is InChI=1S/C17H23N.2C16H20O.C13H20O2.C12H19N/c1-12-13-9-7-8-10-14(13)16(18(5)6)11-15(12)17(2,3)4;1-11-12-8-6-7-9-13(12)15(17-5)10-14(11)16(2,3)4;1-11-14(17-5)10-12-8-6-7-9-13(12)15(11)16(2,3)4;1-9-11(13(2,3)4)7-10(14-5)8-12(9)15-6;1-8-7-11(12(4,5)6)9(2)10(3)13-8/h7-11H,1-6H3;2*6-10H,1-5H3;7-8H,1-6H3;7H,1-6H3. The number of hydrogen-bond acceptors (Lipinski definition) is 6. The molecule has 0 aliphatic rings. The van der Waals surface area contributed by atoms with Crippen LogP contribution in [0.4, 0.5) is 5.69 Å². The van der Waals surface area contributed by atoms with Crippen LogP contribution in [0.1, 0.15) is 171 Å². The molecule has 0 aliphatic carbocycles. The van der Waals surface area contributed by atoms with Gasteiger partial charge in [-0.05, 0) is 183 Å². The fourth-order valence-corrected chi connectivity index (χ4v) is 11.1. The number of hydrogen-bond donors (Lipinski definition) is 0. The first-order valence-electron chi connectivity index (χ1n) is 28.5. The molecule has 0 amide bonds. The SMILES string of the molecule is COc1cc(C(C)(C)C)c(C)c2ccccc12.COc1cc(OC)c(C)c(C(C)(C)C)c1.COc1cc2ccccc2c(C(C)(C)C)c1C.Cc1c(C(C)(C)C)cc(N(C)C)c2ccccc12.Cc1cc(C(C)(C)C)c(C)c(C)n1. The van der Waals surface area contributed by atoms with Crippen LogP contribution in [-0.2, 0) is 27.1 Å². The minimum Gasteiger partial charge on any atom is -0.497 e. The maximum absolute atomic E-state index is 5.52. The highest BCUT2D eigenvalue weighted by Gasteiger charge is 2.24. The Morgan fingerprint density at radius 3 is 1.20 bits per heavy atom. The van der Waals surface area contributed by atoms with Crippen LogP contribution in [0, 0.1) is 48.5 Å². The van der Waals surface area contributed by atoms with Crippen molar-refractivity contribution in [1.82, 2.24) is 4.98 Å². The summed E-state index contributed by atoms with van der Waals surface area (Å²) in [6, 6.07) is 38.5. The predicted octanol–water partition coefficient (Wildman–Crippen LogP) is 20.0. The maximum Gasteiger partial charge on any atom is 0.126 e. The molecule has 0 atom stereocenters. The van der Waals surface area contributed by atoms with Crippen LogP contribution in [0.25, 0.3) is 32.3 Å². The molecule has 432 valence electrons. The average molecular weight is 1080 g/mol. The highest BCUT2D eigenvalue weighted by molar-refractivity contribution is 5.97. The lowest BCUT2D eigenvalue weighted by Crippen LogP contribution is -2.16. The summed E-state index contributed by atoms with van der Waals surface area (Å²) >= 11 is 0. The number of pyridine rings is 1. The Morgan fingerprint density at radius 1 is 0.350 bits per heavy atom. The van der Waals surface area contributed by atoms with Crippen molar-refractivity contribution in [2.24, 2.45) is 0 Å². The van der Waals surface area contributed by atoms with Gasteiger partial charge in [0.1, 0.15) is 23.0 Å². The number of nitrogens with zero attached hydrogens (tertiary/aromatic N) is 2. The largest absolute Gasteiger partial charge is 0.497 e. The Morgan fingerprint density at radius 2 is 0.750 bits per heavy atom. The number of ether oxygens (including phenoxy) is 4. The van der Waals surface area contributed by atoms with Crippen LogP contribution in [0.3, 0.4) is 0 Å². The van der Waals surface area contributed by atoms with E-state index in [0.717, 1.165) is 34.4 Å². The molecular formula is C74H102N2O4. The van der Waals surface area contributed by atoms with Crippen LogP contribution >= 0.6 is 0 Å². The van der Waals surface area contributed by atoms with E-state index >= 15 is 0 Å². The minimum atomic E-state index is 0.103. The van der Waals surface area contributed by atoms with Gasteiger partial charge in [-0.1, -0.05) is 177 Å². The zero-order valence-electron chi connectivity index (χ0n) is 54.9. The molecule has 80 heavy (non-hydrogen) atoms. The van der Waals surface area contributed by atoms with E-state index < -0.39 is 0 Å². The smallest absolute Gasteiger partial charge is 0.126 e. The molecule has 7 aromatic carbocycles. The van der Waals surface area contributed by atoms with E-state index in [0.29, 0.717) is 0 Å². The Labute approximate surface area is 485 Å². The Hall–Kier alpha value is -6.53. The van der Waals surface area contributed by atoms with Gasteiger partial charge in [0.2, 0.25) is 0 Å². The van der Waals surface area contributed by atoms with E-state index in [4.69, 9.17) is 18.9 Å². The molecule has 6 heteroatoms. The molecule has 1 heterocycles. The molecule has 0 saturated heterocycles. The first-order valence-corrected chi connectivity index (χ1v) is 28.5. The molecule has 0 spiro atoms. The predicted molar refractivity (Wildman–Crippen MR) is 350 cm³/mol. The van der Waals surface area contributed by atoms with Crippen LogP contribution < -0.4 is 23.8 Å². The molecule has 0 bridgehead atoms. The van der Waals surface area contributed by atoms with Gasteiger partial charge >= 0.3 is 0 Å². The maximum atomic E-state index is 5.52. The van der Waals surface area contributed by atoms with Gasteiger partial charge in [0, 0.05) is 48.0 Å². The quantitative estimate of drug-likeness (QED) is 0.171. The normalized spacial score (nSPS) is 11.8. The summed E-state index contributed by atoms with van der Waals surface area (Å²) in [5.41, 5.74) is 17.7. The fraction of sp³-hybridized carbons (Fsp3) is 0.446. The van der Waals surface area contributed by atoms with Crippen molar-refractivity contribution in [2.45, 2.75) is 179 Å². The van der Waals surface area contributed by atoms with Crippen molar-refractivity contribution < 1.29 is 18.9 Å². The third-order valence-electron chi connectivity index (χ3n) is 15.2. The number of fused-ring (bicyclic) bond motifs is 3. The second kappa shape index (κ2) is 26.4. The third kappa shape index (κ3) is 16.1. The minimum absolute atomic E-state index is 0.103. The summed E-state index contributed by atoms with van der Waals surface area (Å²) in [4.78, 5) is 6.65. The Bertz CT molecular complexity index is 3380. The van der Waals surface area contributed by atoms with Crippen molar-refractivity contribution in [2.75, 3.05) is 47.4 Å². The third-order valence-corrected chi connectivity index (χ3v) is 15.2. The number of aromatic nitrogens is 1. The molecule has 0 saturated carbocycles. The summed E-state index contributed by atoms with van der Waals surface area (Å²) in [7, 11) is 11.1. The molecule has 0 N–H and O–H groups in total. The van der Waals surface area contributed by atoms with Crippen LogP contribution in [0.15, 0.2) is 109 Å². The molecule has 0 radical (unpaired) electrons. The molecule has 0 fully saturated rings. The van der Waals surface area contributed by atoms with Gasteiger partial charge in [0.05, 0.1) is 28.4 Å². The van der Waals surface area contributed by atoms with Gasteiger partial charge in [-0.25, -0.2) is 0 Å². The average Bonchev–Trinajstić information content (AvgIpc) is 3.36. The van der Waals surface area contributed by atoms with Crippen molar-refractivity contribution in [3.8, 4) is 23.0 Å². The summed E-state index contributed by atoms with van der Waals surface area (Å²) in [6.07, 6.45) is 0. The second-order valence-electron chi connectivity index (χ2n) is 26.9. The molecule has 0 aliphatic heterocycles. The summed E-state index contributed by atoms with van der Waals surface area (Å²) in [5, 5.41) is 7.78. The van der Waals surface area contributed by atoms with Crippen LogP contribution in [-0.4, -0.2) is 47.5 Å². The van der Waals surface area contributed by atoms with E-state index in [2.05, 4.69) is 279 Å². The van der Waals surface area contributed by atoms with Crippen LogP contribution in [0.5, 0.6) is 23.0 Å². The first kappa shape index (κ1) is 66.0. The van der Waals surface area contributed by atoms with Gasteiger partial charge in [0.15, 0.2) is 0 Å². The highest BCUT2D eigenvalue weighted by Crippen LogP contribution is 2.41. The zero-order valence-corrected chi connectivity index (χ0v) is 54.9. The fourth-order valence-electron chi connectivity index (χ4n) is 11.1. The highest BCUT2D eigenvalue weighted by atomic mass is 16.5. The number of anilines is 1. The summed E-state index contributed by atoms with van der Waals surface area (Å²) in [5.74, 6) is 3.69. The van der Waals surface area contributed by atoms with Gasteiger partial charge < -0.3 is 23.8 Å². The van der Waals surface area contributed by atoms with Crippen molar-refractivity contribution in [1.29, 1.82) is 0 Å². The van der Waals surface area contributed by atoms with E-state index in [1.807, 2.05) is 6.07 Å². The van der Waals surface area contributed by atoms with Crippen molar-refractivity contribution in [3.05, 3.63) is 176 Å². The van der Waals surface area contributed by atoms with Gasteiger partial charge in [-0.15, -0.1) is 0 Å². The Kier molecular flexibility index (Phi) is 21.8. The van der Waals surface area contributed by atoms with E-state index in [1.165, 1.54) is 93.6 Å². The number of rotatable bonds is 5. The number of benzene rings is 7. The lowest BCUT2D eigenvalue weighted by molar-refractivity contribution is 0.388. The van der Waals surface area contributed by atoms with Crippen molar-refractivity contribution in [3.63, 3.8) is 0 Å². The molecule has 0 unspecified atom stereocenters. The van der Waals surface area contributed by atoms with Crippen molar-refractivity contribution >= 4 is 38.0 Å². The molecule has 8 rings (SSSR count). The lowest BCUT2D eigenvalue weighted by atomic mass is 9.80. The van der Waals surface area contributed by atoms with E-state index in [1.54, 1.807) is 28.4 Å². The number of methoxy groups -OCH3 is 4. The summed E-state index contributed by atoms with van der Waals surface area (Å²) < 4.78 is 21.6. The number of aryl methyl sites for hydroxylation is 4. The first-order chi connectivity index (χ1) is 36.9. The Balaban J connectivity index is 0.000000216. The van der Waals surface area contributed by atoms with Crippen LogP contribution in [0.2, 0.25) is 0 Å². The van der Waals surface area contributed by atoms with Gasteiger partial charge in [-0.2, -0.15) is 0 Å². The molecule has 1 aromatic heterocycles. The monoisotopic (exact) mass is 1080 g/mol. The van der Waals surface area contributed by atoms with E-state index in [9.17, 15) is 0 Å². The molecule has 6 nitrogen and oxygen atoms in total.